The van der Waals surface area contributed by atoms with Crippen LogP contribution in [0, 0.1) is 0 Å². The van der Waals surface area contributed by atoms with Crippen LogP contribution in [0.4, 0.5) is 0 Å². The van der Waals surface area contributed by atoms with Crippen LogP contribution in [0.3, 0.4) is 0 Å². The molecule has 0 spiro atoms. The van der Waals surface area contributed by atoms with Gasteiger partial charge < -0.3 is 14.2 Å². The van der Waals surface area contributed by atoms with Gasteiger partial charge in [0.2, 0.25) is 0 Å². The van der Waals surface area contributed by atoms with Crippen molar-refractivity contribution >= 4 is 17.9 Å². The van der Waals surface area contributed by atoms with E-state index in [4.69, 9.17) is 14.2 Å². The molecule has 0 heterocycles. The van der Waals surface area contributed by atoms with Gasteiger partial charge in [0.15, 0.2) is 6.10 Å². The average molecular weight is 1160 g/mol. The quantitative estimate of drug-likeness (QED) is 0.0261. The van der Waals surface area contributed by atoms with Crippen LogP contribution in [0.15, 0.2) is 85.1 Å². The first-order valence-electron chi connectivity index (χ1n) is 36.1. The number of ether oxygens (including phenoxy) is 3. The van der Waals surface area contributed by atoms with Gasteiger partial charge in [0.25, 0.3) is 0 Å². The van der Waals surface area contributed by atoms with Crippen LogP contribution >= 0.6 is 0 Å². The third kappa shape index (κ3) is 69.3. The zero-order valence-corrected chi connectivity index (χ0v) is 55.2. The van der Waals surface area contributed by atoms with E-state index in [0.29, 0.717) is 19.3 Å². The average Bonchev–Trinajstić information content (AvgIpc) is 3.49. The Morgan fingerprint density at radius 3 is 0.747 bits per heavy atom. The lowest BCUT2D eigenvalue weighted by Crippen LogP contribution is -2.30. The van der Waals surface area contributed by atoms with Crippen LogP contribution < -0.4 is 0 Å². The molecule has 0 aromatic carbocycles. The Labute approximate surface area is 515 Å². The summed E-state index contributed by atoms with van der Waals surface area (Å²) in [5.74, 6) is -0.887. The molecule has 0 aromatic rings. The zero-order chi connectivity index (χ0) is 59.9. The maximum Gasteiger partial charge on any atom is 0.306 e. The van der Waals surface area contributed by atoms with E-state index in [-0.39, 0.29) is 31.1 Å². The van der Waals surface area contributed by atoms with Crippen LogP contribution in [0.5, 0.6) is 0 Å². The second-order valence-electron chi connectivity index (χ2n) is 24.1. The molecule has 0 bridgehead atoms. The van der Waals surface area contributed by atoms with E-state index < -0.39 is 6.10 Å². The van der Waals surface area contributed by atoms with Crippen molar-refractivity contribution in [2.24, 2.45) is 0 Å². The Balaban J connectivity index is 4.33. The summed E-state index contributed by atoms with van der Waals surface area (Å²) in [4.78, 5) is 38.5. The van der Waals surface area contributed by atoms with Gasteiger partial charge in [-0.25, -0.2) is 0 Å². The van der Waals surface area contributed by atoms with Crippen molar-refractivity contribution in [2.45, 2.75) is 374 Å². The Morgan fingerprint density at radius 1 is 0.253 bits per heavy atom. The largest absolute Gasteiger partial charge is 0.462 e. The fourth-order valence-electron chi connectivity index (χ4n) is 10.5. The lowest BCUT2D eigenvalue weighted by atomic mass is 10.0. The summed E-state index contributed by atoms with van der Waals surface area (Å²) in [5, 5.41) is 0. The maximum atomic E-state index is 13.0. The smallest absolute Gasteiger partial charge is 0.306 e. The van der Waals surface area contributed by atoms with E-state index in [1.165, 1.54) is 218 Å². The highest BCUT2D eigenvalue weighted by atomic mass is 16.6. The van der Waals surface area contributed by atoms with Gasteiger partial charge in [-0.15, -0.1) is 0 Å². The minimum absolute atomic E-state index is 0.0830. The molecule has 0 aliphatic heterocycles. The zero-order valence-electron chi connectivity index (χ0n) is 55.2. The molecule has 0 aliphatic carbocycles. The summed E-state index contributed by atoms with van der Waals surface area (Å²) in [6.07, 6.45) is 94.7. The SMILES string of the molecule is CC/C=C\C/C=C\C/C=C\C/C=C\C/C=C\C/C=C\CCCCCCC(=O)OC(COC(=O)CCCCCCCCCCCCCCCCC)COC(=O)CCCCCCCCCCCCCCCCC/C=C\CCCCCCCCCC. The molecule has 6 heteroatoms. The molecule has 0 aromatic heterocycles. The predicted octanol–water partition coefficient (Wildman–Crippen LogP) is 25.0. The maximum absolute atomic E-state index is 13.0. The summed E-state index contributed by atoms with van der Waals surface area (Å²) < 4.78 is 17.0. The number of allylic oxidation sites excluding steroid dienone is 14. The molecule has 0 aliphatic rings. The molecule has 0 saturated heterocycles. The molecule has 0 fully saturated rings. The first-order valence-corrected chi connectivity index (χ1v) is 36.1. The lowest BCUT2D eigenvalue weighted by molar-refractivity contribution is -0.167. The van der Waals surface area contributed by atoms with Crippen molar-refractivity contribution < 1.29 is 28.6 Å². The van der Waals surface area contributed by atoms with Crippen molar-refractivity contribution in [3.8, 4) is 0 Å². The van der Waals surface area contributed by atoms with Gasteiger partial charge in [-0.1, -0.05) is 337 Å². The first-order chi connectivity index (χ1) is 41.0. The fraction of sp³-hybridized carbons (Fsp3) is 0.779. The highest BCUT2D eigenvalue weighted by Crippen LogP contribution is 2.18. The topological polar surface area (TPSA) is 78.9 Å². The first kappa shape index (κ1) is 79.6. The van der Waals surface area contributed by atoms with Gasteiger partial charge in [-0.3, -0.25) is 14.4 Å². The van der Waals surface area contributed by atoms with Crippen LogP contribution in [-0.2, 0) is 28.6 Å². The third-order valence-electron chi connectivity index (χ3n) is 15.9. The summed E-state index contributed by atoms with van der Waals surface area (Å²) in [6.45, 7) is 6.56. The van der Waals surface area contributed by atoms with Crippen LogP contribution in [0.2, 0.25) is 0 Å². The number of carbonyl (C=O) groups is 3. The highest BCUT2D eigenvalue weighted by Gasteiger charge is 2.19. The van der Waals surface area contributed by atoms with Crippen molar-refractivity contribution in [2.75, 3.05) is 13.2 Å². The lowest BCUT2D eigenvalue weighted by Gasteiger charge is -2.18. The van der Waals surface area contributed by atoms with Crippen molar-refractivity contribution in [1.82, 2.24) is 0 Å². The molecular weight excluding hydrogens is 1020 g/mol. The summed E-state index contributed by atoms with van der Waals surface area (Å²) in [7, 11) is 0. The van der Waals surface area contributed by atoms with Crippen LogP contribution in [-0.4, -0.2) is 37.2 Å². The highest BCUT2D eigenvalue weighted by molar-refractivity contribution is 5.71. The Hall–Kier alpha value is -3.41. The predicted molar refractivity (Wildman–Crippen MR) is 362 cm³/mol. The van der Waals surface area contributed by atoms with Gasteiger partial charge in [0, 0.05) is 19.3 Å². The van der Waals surface area contributed by atoms with E-state index >= 15 is 0 Å². The monoisotopic (exact) mass is 1160 g/mol. The Morgan fingerprint density at radius 2 is 0.470 bits per heavy atom. The number of carbonyl (C=O) groups excluding carboxylic acids is 3. The fourth-order valence-corrected chi connectivity index (χ4v) is 10.5. The minimum Gasteiger partial charge on any atom is -0.462 e. The molecule has 6 nitrogen and oxygen atoms in total. The summed E-state index contributed by atoms with van der Waals surface area (Å²) in [5.41, 5.74) is 0. The van der Waals surface area contributed by atoms with E-state index in [1.807, 2.05) is 0 Å². The van der Waals surface area contributed by atoms with E-state index in [0.717, 1.165) is 109 Å². The standard InChI is InChI=1S/C77H136O6/c1-4-7-10-13-16-19-22-25-28-30-32-34-36-37-38-39-41-42-44-46-49-52-55-58-61-64-67-70-76(79)82-73-74(72-81-75(78)69-66-63-60-57-54-51-48-27-24-21-18-15-12-9-6-3)83-77(80)71-68-65-62-59-56-53-50-47-45-43-40-35-33-31-29-26-23-20-17-14-11-8-5-2/h8,11,17,20,26,29-30,32-33,35,43,45,50,53,74H,4-7,9-10,12-16,18-19,21-25,27-28,31,34,36-42,44,46-49,51-52,54-73H2,1-3H3/b11-8-,20-17-,29-26-,32-30-,35-33-,45-43-,53-50-. The van der Waals surface area contributed by atoms with Gasteiger partial charge in [-0.05, 0) is 96.3 Å². The van der Waals surface area contributed by atoms with Gasteiger partial charge in [-0.2, -0.15) is 0 Å². The molecule has 1 atom stereocenters. The van der Waals surface area contributed by atoms with Crippen molar-refractivity contribution in [3.05, 3.63) is 85.1 Å². The summed E-state index contributed by atoms with van der Waals surface area (Å²) in [6, 6.07) is 0. The number of esters is 3. The Kier molecular flexibility index (Phi) is 68.2. The van der Waals surface area contributed by atoms with Crippen LogP contribution in [0.25, 0.3) is 0 Å². The number of unbranched alkanes of at least 4 members (excludes halogenated alkanes) is 41. The third-order valence-corrected chi connectivity index (χ3v) is 15.9. The minimum atomic E-state index is -0.791. The molecule has 83 heavy (non-hydrogen) atoms. The summed E-state index contributed by atoms with van der Waals surface area (Å²) >= 11 is 0. The van der Waals surface area contributed by atoms with Gasteiger partial charge in [0.05, 0.1) is 0 Å². The molecule has 0 saturated carbocycles. The molecule has 1 unspecified atom stereocenters. The molecule has 0 amide bonds. The molecule has 0 rings (SSSR count). The van der Waals surface area contributed by atoms with Crippen molar-refractivity contribution in [3.63, 3.8) is 0 Å². The Bertz CT molecular complexity index is 1570. The van der Waals surface area contributed by atoms with E-state index in [1.54, 1.807) is 0 Å². The number of rotatable bonds is 66. The second kappa shape index (κ2) is 71.1. The molecule has 0 N–H and O–H groups in total. The van der Waals surface area contributed by atoms with E-state index in [2.05, 4.69) is 106 Å². The van der Waals surface area contributed by atoms with Gasteiger partial charge >= 0.3 is 17.9 Å². The normalized spacial score (nSPS) is 12.6. The second-order valence-corrected chi connectivity index (χ2v) is 24.1. The molecule has 0 radical (unpaired) electrons. The number of hydrogen-bond acceptors (Lipinski definition) is 6. The van der Waals surface area contributed by atoms with Crippen molar-refractivity contribution in [1.29, 1.82) is 0 Å². The van der Waals surface area contributed by atoms with Crippen LogP contribution in [0.1, 0.15) is 367 Å². The van der Waals surface area contributed by atoms with Gasteiger partial charge in [0.1, 0.15) is 13.2 Å². The molecular formula is C77H136O6. The molecule has 480 valence electrons. The van der Waals surface area contributed by atoms with E-state index in [9.17, 15) is 14.4 Å². The number of hydrogen-bond donors (Lipinski definition) is 0.